The molecular formula is C14H14ClN5O. The van der Waals surface area contributed by atoms with E-state index in [2.05, 4.69) is 15.3 Å². The molecule has 2 heterocycles. The van der Waals surface area contributed by atoms with Crippen molar-refractivity contribution >= 4 is 11.6 Å². The van der Waals surface area contributed by atoms with Crippen molar-refractivity contribution in [3.05, 3.63) is 58.9 Å². The molecule has 7 heteroatoms. The lowest BCUT2D eigenvalue weighted by Gasteiger charge is -2.08. The van der Waals surface area contributed by atoms with Gasteiger partial charge in [-0.1, -0.05) is 34.5 Å². The van der Waals surface area contributed by atoms with E-state index in [1.807, 2.05) is 35.8 Å². The second kappa shape index (κ2) is 5.67. The number of aliphatic hydroxyl groups excluding tert-OH is 1. The zero-order valence-corrected chi connectivity index (χ0v) is 12.2. The van der Waals surface area contributed by atoms with Crippen molar-refractivity contribution in [3.63, 3.8) is 0 Å². The van der Waals surface area contributed by atoms with Crippen LogP contribution in [0.3, 0.4) is 0 Å². The van der Waals surface area contributed by atoms with E-state index < -0.39 is 0 Å². The monoisotopic (exact) mass is 303 g/mol. The van der Waals surface area contributed by atoms with Crippen molar-refractivity contribution in [1.29, 1.82) is 0 Å². The maximum Gasteiger partial charge on any atom is 0.152 e. The molecule has 0 radical (unpaired) electrons. The lowest BCUT2D eigenvalue weighted by atomic mass is 10.2. The Morgan fingerprint density at radius 3 is 2.67 bits per heavy atom. The molecule has 0 bridgehead atoms. The predicted octanol–water partition coefficient (Wildman–Crippen LogP) is 1.97. The summed E-state index contributed by atoms with van der Waals surface area (Å²) in [5, 5.41) is 17.3. The van der Waals surface area contributed by atoms with Crippen LogP contribution in [0.5, 0.6) is 0 Å². The fraction of sp³-hybridized carbons (Fsp3) is 0.214. The first-order valence-electron chi connectivity index (χ1n) is 6.46. The maximum atomic E-state index is 9.03. The molecule has 1 aromatic carbocycles. The Balaban J connectivity index is 1.95. The van der Waals surface area contributed by atoms with Gasteiger partial charge in [-0.05, 0) is 19.1 Å². The van der Waals surface area contributed by atoms with Gasteiger partial charge in [-0.15, -0.1) is 5.10 Å². The molecule has 108 valence electrons. The zero-order chi connectivity index (χ0) is 14.8. The number of aromatic nitrogens is 5. The van der Waals surface area contributed by atoms with Crippen LogP contribution in [0.1, 0.15) is 17.0 Å². The van der Waals surface area contributed by atoms with Gasteiger partial charge < -0.3 is 5.11 Å². The molecule has 0 aliphatic rings. The van der Waals surface area contributed by atoms with Crippen LogP contribution in [0.25, 0.3) is 5.69 Å². The Morgan fingerprint density at radius 1 is 1.24 bits per heavy atom. The van der Waals surface area contributed by atoms with E-state index in [4.69, 9.17) is 16.7 Å². The quantitative estimate of drug-likeness (QED) is 0.800. The molecule has 3 rings (SSSR count). The lowest BCUT2D eigenvalue weighted by molar-refractivity contribution is 0.276. The van der Waals surface area contributed by atoms with E-state index >= 15 is 0 Å². The van der Waals surface area contributed by atoms with Crippen molar-refractivity contribution in [2.45, 2.75) is 20.1 Å². The van der Waals surface area contributed by atoms with E-state index in [9.17, 15) is 0 Å². The number of aliphatic hydroxyl groups is 1. The van der Waals surface area contributed by atoms with E-state index in [-0.39, 0.29) is 6.61 Å². The van der Waals surface area contributed by atoms with Crippen LogP contribution < -0.4 is 0 Å². The van der Waals surface area contributed by atoms with Crippen LogP contribution in [-0.2, 0) is 13.2 Å². The molecular weight excluding hydrogens is 290 g/mol. The molecule has 0 spiro atoms. The van der Waals surface area contributed by atoms with Crippen LogP contribution in [0.4, 0.5) is 0 Å². The number of rotatable bonds is 4. The van der Waals surface area contributed by atoms with Crippen molar-refractivity contribution in [1.82, 2.24) is 24.5 Å². The van der Waals surface area contributed by atoms with Gasteiger partial charge in [0, 0.05) is 5.69 Å². The Kier molecular flexibility index (Phi) is 3.72. The van der Waals surface area contributed by atoms with Crippen molar-refractivity contribution in [2.75, 3.05) is 0 Å². The lowest BCUT2D eigenvalue weighted by Crippen LogP contribution is -2.07. The van der Waals surface area contributed by atoms with Crippen LogP contribution in [-0.4, -0.2) is 29.7 Å². The second-order valence-electron chi connectivity index (χ2n) is 4.75. The van der Waals surface area contributed by atoms with Gasteiger partial charge in [-0.25, -0.2) is 9.67 Å². The van der Waals surface area contributed by atoms with Gasteiger partial charge in [-0.2, -0.15) is 0 Å². The number of halogens is 1. The molecule has 0 aliphatic carbocycles. The van der Waals surface area contributed by atoms with Crippen LogP contribution >= 0.6 is 11.6 Å². The Hall–Kier alpha value is -2.18. The molecule has 3 aromatic rings. The minimum atomic E-state index is -0.134. The summed E-state index contributed by atoms with van der Waals surface area (Å²) in [5.41, 5.74) is 3.51. The van der Waals surface area contributed by atoms with Gasteiger partial charge in [-0.3, -0.25) is 4.57 Å². The molecule has 1 N–H and O–H groups in total. The largest absolute Gasteiger partial charge is 0.390 e. The third-order valence-electron chi connectivity index (χ3n) is 3.19. The smallest absolute Gasteiger partial charge is 0.152 e. The topological polar surface area (TPSA) is 68.8 Å². The number of aryl methyl sites for hydroxylation is 1. The van der Waals surface area contributed by atoms with Crippen LogP contribution in [0.2, 0.25) is 5.15 Å². The van der Waals surface area contributed by atoms with Gasteiger partial charge in [0.25, 0.3) is 0 Å². The van der Waals surface area contributed by atoms with Crippen molar-refractivity contribution < 1.29 is 5.11 Å². The SMILES string of the molecule is Cc1ccc(-n2cnc(Cl)c2Cn2cc(CO)nn2)cc1. The summed E-state index contributed by atoms with van der Waals surface area (Å²) in [4.78, 5) is 4.16. The highest BCUT2D eigenvalue weighted by atomic mass is 35.5. The Bertz CT molecular complexity index is 747. The van der Waals surface area contributed by atoms with Crippen LogP contribution in [0.15, 0.2) is 36.8 Å². The molecule has 0 amide bonds. The molecule has 0 unspecified atom stereocenters. The first-order chi connectivity index (χ1) is 10.2. The first kappa shape index (κ1) is 13.8. The van der Waals surface area contributed by atoms with Crippen molar-refractivity contribution in [3.8, 4) is 5.69 Å². The number of nitrogens with zero attached hydrogens (tertiary/aromatic N) is 5. The normalized spacial score (nSPS) is 11.0. The van der Waals surface area contributed by atoms with Crippen molar-refractivity contribution in [2.24, 2.45) is 0 Å². The first-order valence-corrected chi connectivity index (χ1v) is 6.84. The van der Waals surface area contributed by atoms with Crippen LogP contribution in [0, 0.1) is 6.92 Å². The summed E-state index contributed by atoms with van der Waals surface area (Å²) in [6.45, 7) is 2.34. The highest BCUT2D eigenvalue weighted by Gasteiger charge is 2.12. The Labute approximate surface area is 126 Å². The molecule has 21 heavy (non-hydrogen) atoms. The van der Waals surface area contributed by atoms with E-state index in [0.29, 0.717) is 17.4 Å². The van der Waals surface area contributed by atoms with Gasteiger partial charge >= 0.3 is 0 Å². The fourth-order valence-corrected chi connectivity index (χ4v) is 2.26. The van der Waals surface area contributed by atoms with E-state index in [0.717, 1.165) is 11.4 Å². The molecule has 2 aromatic heterocycles. The minimum absolute atomic E-state index is 0.134. The summed E-state index contributed by atoms with van der Waals surface area (Å²) < 4.78 is 3.54. The summed E-state index contributed by atoms with van der Waals surface area (Å²) in [5.74, 6) is 0. The predicted molar refractivity (Wildman–Crippen MR) is 78.4 cm³/mol. The fourth-order valence-electron chi connectivity index (χ4n) is 2.06. The zero-order valence-electron chi connectivity index (χ0n) is 11.4. The highest BCUT2D eigenvalue weighted by Crippen LogP contribution is 2.20. The number of hydrogen-bond acceptors (Lipinski definition) is 4. The molecule has 0 saturated carbocycles. The number of benzene rings is 1. The van der Waals surface area contributed by atoms with E-state index in [1.165, 1.54) is 5.56 Å². The van der Waals surface area contributed by atoms with Gasteiger partial charge in [0.15, 0.2) is 5.15 Å². The third kappa shape index (κ3) is 2.81. The summed E-state index contributed by atoms with van der Waals surface area (Å²) >= 11 is 6.17. The molecule has 0 saturated heterocycles. The minimum Gasteiger partial charge on any atom is -0.390 e. The maximum absolute atomic E-state index is 9.03. The molecule has 6 nitrogen and oxygen atoms in total. The summed E-state index contributed by atoms with van der Waals surface area (Å²) in [7, 11) is 0. The molecule has 0 fully saturated rings. The van der Waals surface area contributed by atoms with Gasteiger partial charge in [0.1, 0.15) is 12.0 Å². The average Bonchev–Trinajstić information content (AvgIpc) is 3.08. The number of imidazole rings is 1. The summed E-state index contributed by atoms with van der Waals surface area (Å²) in [6.07, 6.45) is 3.37. The molecule has 0 atom stereocenters. The van der Waals surface area contributed by atoms with Gasteiger partial charge in [0.05, 0.1) is 25.0 Å². The summed E-state index contributed by atoms with van der Waals surface area (Å²) in [6, 6.07) is 8.09. The molecule has 0 aliphatic heterocycles. The Morgan fingerprint density at radius 2 is 2.00 bits per heavy atom. The van der Waals surface area contributed by atoms with E-state index in [1.54, 1.807) is 17.2 Å². The van der Waals surface area contributed by atoms with Gasteiger partial charge in [0.2, 0.25) is 0 Å². The highest BCUT2D eigenvalue weighted by molar-refractivity contribution is 6.30. The average molecular weight is 304 g/mol. The second-order valence-corrected chi connectivity index (χ2v) is 5.11. The number of hydrogen-bond donors (Lipinski definition) is 1. The third-order valence-corrected chi connectivity index (χ3v) is 3.50. The standard InChI is InChI=1S/C14H14ClN5O/c1-10-2-4-12(5-3-10)20-9-16-14(15)13(20)7-19-6-11(8-21)17-18-19/h2-6,9,21H,7-8H2,1H3.